The zero-order valence-corrected chi connectivity index (χ0v) is 16.8. The van der Waals surface area contributed by atoms with Crippen molar-refractivity contribution < 1.29 is 9.90 Å². The van der Waals surface area contributed by atoms with E-state index in [2.05, 4.69) is 23.5 Å². The Morgan fingerprint density at radius 3 is 2.60 bits per heavy atom. The van der Waals surface area contributed by atoms with Gasteiger partial charge in [0.15, 0.2) is 0 Å². The van der Waals surface area contributed by atoms with Crippen molar-refractivity contribution in [3.63, 3.8) is 0 Å². The number of carboxylic acids is 1. The topological polar surface area (TPSA) is 77.1 Å². The van der Waals surface area contributed by atoms with Crippen molar-refractivity contribution in [3.8, 4) is 23.0 Å². The van der Waals surface area contributed by atoms with E-state index in [4.69, 9.17) is 0 Å². The molecule has 1 N–H and O–H groups in total. The molecule has 3 rings (SSSR count). The Labute approximate surface area is 175 Å². The molecule has 0 amide bonds. The number of nitrogens with zero attached hydrogens (tertiary/aromatic N) is 3. The number of rotatable bonds is 8. The quantitative estimate of drug-likeness (QED) is 0.462. The van der Waals surface area contributed by atoms with E-state index in [1.807, 2.05) is 30.3 Å². The van der Waals surface area contributed by atoms with Crippen LogP contribution in [0.4, 0.5) is 0 Å². The first-order valence-corrected chi connectivity index (χ1v) is 9.63. The molecule has 1 aromatic heterocycles. The molecule has 1 heterocycles. The van der Waals surface area contributed by atoms with Gasteiger partial charge in [0.2, 0.25) is 0 Å². The van der Waals surface area contributed by atoms with Crippen LogP contribution in [-0.2, 0) is 19.5 Å². The van der Waals surface area contributed by atoms with Crippen molar-refractivity contribution in [2.45, 2.75) is 32.9 Å². The summed E-state index contributed by atoms with van der Waals surface area (Å²) in [6.07, 6.45) is 2.81. The van der Waals surface area contributed by atoms with Crippen molar-refractivity contribution in [1.29, 1.82) is 0 Å². The summed E-state index contributed by atoms with van der Waals surface area (Å²) in [7, 11) is 0. The second-order valence-corrected chi connectivity index (χ2v) is 6.74. The second-order valence-electron chi connectivity index (χ2n) is 6.74. The monoisotopic (exact) mass is 401 g/mol. The molecule has 0 unspecified atom stereocenters. The van der Waals surface area contributed by atoms with E-state index in [0.717, 1.165) is 11.1 Å². The van der Waals surface area contributed by atoms with Gasteiger partial charge in [0.05, 0.1) is 18.5 Å². The highest BCUT2D eigenvalue weighted by atomic mass is 16.4. The molecule has 3 aromatic rings. The highest BCUT2D eigenvalue weighted by Gasteiger charge is 2.14. The van der Waals surface area contributed by atoms with E-state index in [1.54, 1.807) is 35.8 Å². The standard InChI is InChI=1S/C24H23N3O3/c1-3-5-11-22-25-27(16-6-4-2)24(30)26(22)17-18-12-14-19(15-13-18)20-9-7-8-10-21(20)23(28)29/h4,7-10,12-15H,2,6,11,16-17H2,1H3,(H,28,29). The third kappa shape index (κ3) is 4.58. The van der Waals surface area contributed by atoms with E-state index >= 15 is 0 Å². The van der Waals surface area contributed by atoms with Gasteiger partial charge in [-0.1, -0.05) is 54.5 Å². The summed E-state index contributed by atoms with van der Waals surface area (Å²) >= 11 is 0. The van der Waals surface area contributed by atoms with Gasteiger partial charge in [-0.2, -0.15) is 5.10 Å². The van der Waals surface area contributed by atoms with Crippen molar-refractivity contribution in [2.75, 3.05) is 0 Å². The zero-order chi connectivity index (χ0) is 21.5. The summed E-state index contributed by atoms with van der Waals surface area (Å²) in [5.74, 6) is 5.47. The molecule has 6 heteroatoms. The first kappa shape index (κ1) is 20.9. The lowest BCUT2D eigenvalue weighted by Gasteiger charge is -2.08. The van der Waals surface area contributed by atoms with Crippen LogP contribution in [0.3, 0.4) is 0 Å². The van der Waals surface area contributed by atoms with E-state index in [1.165, 1.54) is 4.68 Å². The number of aromatic nitrogens is 3. The maximum Gasteiger partial charge on any atom is 0.346 e. The summed E-state index contributed by atoms with van der Waals surface area (Å²) in [6.45, 7) is 6.30. The average Bonchev–Trinajstić information content (AvgIpc) is 3.05. The number of benzene rings is 2. The Hall–Kier alpha value is -3.85. The molecule has 0 aliphatic heterocycles. The fourth-order valence-electron chi connectivity index (χ4n) is 3.20. The van der Waals surface area contributed by atoms with Crippen LogP contribution in [0.5, 0.6) is 0 Å². The van der Waals surface area contributed by atoms with Crippen LogP contribution in [-0.4, -0.2) is 25.4 Å². The lowest BCUT2D eigenvalue weighted by atomic mass is 9.99. The summed E-state index contributed by atoms with van der Waals surface area (Å²) in [5.41, 5.74) is 2.46. The largest absolute Gasteiger partial charge is 0.478 e. The van der Waals surface area contributed by atoms with Crippen molar-refractivity contribution >= 4 is 5.97 Å². The van der Waals surface area contributed by atoms with Gasteiger partial charge in [-0.15, -0.1) is 12.5 Å². The van der Waals surface area contributed by atoms with Crippen LogP contribution in [0, 0.1) is 11.8 Å². The van der Waals surface area contributed by atoms with Gasteiger partial charge in [-0.3, -0.25) is 4.57 Å². The normalized spacial score (nSPS) is 10.3. The molecule has 0 aliphatic rings. The number of aromatic carboxylic acids is 1. The summed E-state index contributed by atoms with van der Waals surface area (Å²) in [4.78, 5) is 24.3. The first-order chi connectivity index (χ1) is 14.5. The first-order valence-electron chi connectivity index (χ1n) is 9.63. The van der Waals surface area contributed by atoms with Crippen LogP contribution in [0.1, 0.15) is 35.1 Å². The Kier molecular flexibility index (Phi) is 6.66. The lowest BCUT2D eigenvalue weighted by Crippen LogP contribution is -2.26. The highest BCUT2D eigenvalue weighted by molar-refractivity contribution is 5.95. The molecule has 0 fully saturated rings. The van der Waals surface area contributed by atoms with Crippen LogP contribution < -0.4 is 5.69 Å². The lowest BCUT2D eigenvalue weighted by molar-refractivity contribution is 0.0697. The highest BCUT2D eigenvalue weighted by Crippen LogP contribution is 2.24. The Bertz CT molecular complexity index is 1170. The summed E-state index contributed by atoms with van der Waals surface area (Å²) < 4.78 is 3.08. The Morgan fingerprint density at radius 1 is 1.20 bits per heavy atom. The van der Waals surface area contributed by atoms with Gasteiger partial charge in [-0.25, -0.2) is 14.3 Å². The molecule has 0 radical (unpaired) electrons. The molecule has 0 bridgehead atoms. The number of carboxylic acid groups (broad SMARTS) is 1. The maximum atomic E-state index is 12.8. The predicted octanol–water partition coefficient (Wildman–Crippen LogP) is 3.60. The third-order valence-corrected chi connectivity index (χ3v) is 4.73. The number of hydrogen-bond donors (Lipinski definition) is 1. The Balaban J connectivity index is 1.91. The maximum absolute atomic E-state index is 12.8. The molecule has 0 saturated heterocycles. The van der Waals surface area contributed by atoms with E-state index in [-0.39, 0.29) is 11.3 Å². The fraction of sp³-hybridized carbons (Fsp3) is 0.208. The number of hydrogen-bond acceptors (Lipinski definition) is 3. The predicted molar refractivity (Wildman–Crippen MR) is 116 cm³/mol. The molecule has 30 heavy (non-hydrogen) atoms. The molecule has 0 atom stereocenters. The van der Waals surface area contributed by atoms with Crippen LogP contribution in [0.2, 0.25) is 0 Å². The molecule has 0 aliphatic carbocycles. The van der Waals surface area contributed by atoms with E-state index in [9.17, 15) is 14.7 Å². The smallest absolute Gasteiger partial charge is 0.346 e. The van der Waals surface area contributed by atoms with Crippen LogP contribution in [0.15, 0.2) is 66.0 Å². The molecule has 152 valence electrons. The molecule has 2 aromatic carbocycles. The average molecular weight is 401 g/mol. The second kappa shape index (κ2) is 9.57. The third-order valence-electron chi connectivity index (χ3n) is 4.73. The van der Waals surface area contributed by atoms with Gasteiger partial charge < -0.3 is 5.11 Å². The minimum Gasteiger partial charge on any atom is -0.478 e. The van der Waals surface area contributed by atoms with Gasteiger partial charge in [0, 0.05) is 6.54 Å². The van der Waals surface area contributed by atoms with E-state index < -0.39 is 5.97 Å². The zero-order valence-electron chi connectivity index (χ0n) is 16.8. The SMILES string of the molecule is C=CCCn1nc(CC#CC)n(Cc2ccc(-c3ccccc3C(=O)O)cc2)c1=O. The molecule has 0 spiro atoms. The van der Waals surface area contributed by atoms with Crippen molar-refractivity contribution in [3.05, 3.63) is 88.6 Å². The molecular formula is C24H23N3O3. The summed E-state index contributed by atoms with van der Waals surface area (Å²) in [6, 6.07) is 14.4. The van der Waals surface area contributed by atoms with Gasteiger partial charge in [-0.05, 0) is 36.1 Å². The fourth-order valence-corrected chi connectivity index (χ4v) is 3.20. The van der Waals surface area contributed by atoms with Crippen LogP contribution >= 0.6 is 0 Å². The van der Waals surface area contributed by atoms with Crippen molar-refractivity contribution in [2.24, 2.45) is 0 Å². The summed E-state index contributed by atoms with van der Waals surface area (Å²) in [5, 5.41) is 13.8. The van der Waals surface area contributed by atoms with Crippen LogP contribution in [0.25, 0.3) is 11.1 Å². The number of carbonyl (C=O) groups is 1. The van der Waals surface area contributed by atoms with E-state index in [0.29, 0.717) is 37.3 Å². The van der Waals surface area contributed by atoms with Crippen molar-refractivity contribution in [1.82, 2.24) is 14.3 Å². The number of aryl methyl sites for hydroxylation is 1. The minimum absolute atomic E-state index is 0.176. The van der Waals surface area contributed by atoms with Gasteiger partial charge >= 0.3 is 11.7 Å². The number of allylic oxidation sites excluding steroid dienone is 1. The minimum atomic E-state index is -0.963. The molecule has 0 saturated carbocycles. The Morgan fingerprint density at radius 2 is 1.93 bits per heavy atom. The molecular weight excluding hydrogens is 378 g/mol. The van der Waals surface area contributed by atoms with Gasteiger partial charge in [0.25, 0.3) is 0 Å². The molecule has 6 nitrogen and oxygen atoms in total. The van der Waals surface area contributed by atoms with Gasteiger partial charge in [0.1, 0.15) is 5.82 Å².